The van der Waals surface area contributed by atoms with Crippen molar-refractivity contribution < 1.29 is 13.6 Å². The Morgan fingerprint density at radius 3 is 2.70 bits per heavy atom. The predicted octanol–water partition coefficient (Wildman–Crippen LogP) is 3.27. The maximum atomic E-state index is 13.2. The van der Waals surface area contributed by atoms with Crippen LogP contribution in [0.2, 0.25) is 0 Å². The van der Waals surface area contributed by atoms with Crippen LogP contribution in [0.3, 0.4) is 0 Å². The third kappa shape index (κ3) is 4.01. The lowest BCUT2D eigenvalue weighted by molar-refractivity contribution is -0.132. The quantitative estimate of drug-likeness (QED) is 0.912. The number of likely N-dealkylation sites (N-methyl/N-ethyl adjacent to an activating group) is 1. The zero-order chi connectivity index (χ0) is 15.7. The fraction of sp³-hybridized carbons (Fsp3) is 0.588. The molecule has 1 N–H and O–H groups in total. The van der Waals surface area contributed by atoms with Gasteiger partial charge in [0.2, 0.25) is 5.91 Å². The minimum absolute atomic E-state index is 0. The van der Waals surface area contributed by atoms with E-state index in [1.807, 2.05) is 0 Å². The van der Waals surface area contributed by atoms with Gasteiger partial charge >= 0.3 is 0 Å². The van der Waals surface area contributed by atoms with E-state index in [2.05, 4.69) is 5.32 Å². The van der Waals surface area contributed by atoms with E-state index in [1.54, 1.807) is 11.9 Å². The highest BCUT2D eigenvalue weighted by Gasteiger charge is 2.39. The number of carbonyl (C=O) groups is 1. The molecule has 0 spiro atoms. The molecule has 2 fully saturated rings. The van der Waals surface area contributed by atoms with Crippen molar-refractivity contribution in [3.05, 3.63) is 35.4 Å². The lowest BCUT2D eigenvalue weighted by Crippen LogP contribution is -2.43. The zero-order valence-corrected chi connectivity index (χ0v) is 14.0. The van der Waals surface area contributed by atoms with Crippen molar-refractivity contribution in [2.75, 3.05) is 7.05 Å². The molecule has 1 aromatic carbocycles. The van der Waals surface area contributed by atoms with Gasteiger partial charge in [0, 0.05) is 19.6 Å². The molecule has 1 aliphatic carbocycles. The molecule has 1 aromatic rings. The van der Waals surface area contributed by atoms with Crippen LogP contribution >= 0.6 is 12.4 Å². The summed E-state index contributed by atoms with van der Waals surface area (Å²) in [5.74, 6) is -1.08. The van der Waals surface area contributed by atoms with Crippen molar-refractivity contribution >= 4 is 18.3 Å². The standard InChI is InChI=1S/C17H22F2N2O.ClH/c1-21(10-11-6-7-13(18)14(19)8-11)17(22)16-9-12-4-2-3-5-15(12)20-16;/h6-8,12,15-16,20H,2-5,9-10H2,1H3;1H. The molecule has 0 aromatic heterocycles. The van der Waals surface area contributed by atoms with E-state index in [0.29, 0.717) is 24.1 Å². The minimum Gasteiger partial charge on any atom is -0.340 e. The number of hydrogen-bond donors (Lipinski definition) is 1. The van der Waals surface area contributed by atoms with Crippen LogP contribution in [0, 0.1) is 17.6 Å². The first-order chi connectivity index (χ1) is 10.5. The van der Waals surface area contributed by atoms with Gasteiger partial charge in [-0.3, -0.25) is 4.79 Å². The Bertz CT molecular complexity index is 556. The highest BCUT2D eigenvalue weighted by Crippen LogP contribution is 2.33. The Morgan fingerprint density at radius 1 is 1.26 bits per heavy atom. The van der Waals surface area contributed by atoms with Crippen LogP contribution in [0.4, 0.5) is 8.78 Å². The predicted molar refractivity (Wildman–Crippen MR) is 87.4 cm³/mol. The van der Waals surface area contributed by atoms with Crippen LogP contribution in [-0.4, -0.2) is 29.9 Å². The molecule has 128 valence electrons. The van der Waals surface area contributed by atoms with Gasteiger partial charge < -0.3 is 10.2 Å². The Hall–Kier alpha value is -1.20. The van der Waals surface area contributed by atoms with Gasteiger partial charge in [-0.15, -0.1) is 12.4 Å². The summed E-state index contributed by atoms with van der Waals surface area (Å²) in [4.78, 5) is 14.1. The van der Waals surface area contributed by atoms with Gasteiger partial charge in [0.1, 0.15) is 0 Å². The number of amides is 1. The number of carbonyl (C=O) groups excluding carboxylic acids is 1. The van der Waals surface area contributed by atoms with Gasteiger partial charge in [-0.25, -0.2) is 8.78 Å². The summed E-state index contributed by atoms with van der Waals surface area (Å²) in [5.41, 5.74) is 0.602. The second kappa shape index (κ2) is 7.58. The number of rotatable bonds is 3. The first-order valence-electron chi connectivity index (χ1n) is 7.99. The molecule has 2 aliphatic rings. The molecule has 6 heteroatoms. The normalized spacial score (nSPS) is 26.3. The van der Waals surface area contributed by atoms with Crippen LogP contribution in [0.1, 0.15) is 37.7 Å². The van der Waals surface area contributed by atoms with E-state index >= 15 is 0 Å². The van der Waals surface area contributed by atoms with Crippen LogP contribution in [0.5, 0.6) is 0 Å². The Labute approximate surface area is 141 Å². The fourth-order valence-corrected chi connectivity index (χ4v) is 3.77. The van der Waals surface area contributed by atoms with Crippen LogP contribution in [-0.2, 0) is 11.3 Å². The molecule has 1 amide bonds. The lowest BCUT2D eigenvalue weighted by atomic mass is 9.85. The SMILES string of the molecule is CN(Cc1ccc(F)c(F)c1)C(=O)C1CC2CCCCC2N1.Cl. The van der Waals surface area contributed by atoms with Gasteiger partial charge in [-0.1, -0.05) is 18.9 Å². The number of benzene rings is 1. The molecule has 3 atom stereocenters. The highest BCUT2D eigenvalue weighted by atomic mass is 35.5. The first kappa shape index (κ1) is 18.1. The maximum absolute atomic E-state index is 13.2. The molecule has 1 heterocycles. The Balaban J connectivity index is 0.00000192. The van der Waals surface area contributed by atoms with E-state index in [1.165, 1.54) is 25.3 Å². The van der Waals surface area contributed by atoms with Crippen molar-refractivity contribution in [2.45, 2.75) is 50.7 Å². The van der Waals surface area contributed by atoms with E-state index < -0.39 is 11.6 Å². The molecule has 0 radical (unpaired) electrons. The average molecular weight is 345 g/mol. The number of nitrogens with one attached hydrogen (secondary N) is 1. The summed E-state index contributed by atoms with van der Waals surface area (Å²) in [7, 11) is 1.72. The summed E-state index contributed by atoms with van der Waals surface area (Å²) in [5, 5.41) is 3.45. The third-order valence-electron chi connectivity index (χ3n) is 4.94. The zero-order valence-electron chi connectivity index (χ0n) is 13.2. The summed E-state index contributed by atoms with van der Waals surface area (Å²) in [6, 6.07) is 4.11. The Kier molecular flexibility index (Phi) is 5.98. The van der Waals surface area contributed by atoms with Gasteiger partial charge in [0.05, 0.1) is 6.04 Å². The molecule has 1 saturated heterocycles. The maximum Gasteiger partial charge on any atom is 0.239 e. The molecular weight excluding hydrogens is 322 g/mol. The van der Waals surface area contributed by atoms with E-state index in [-0.39, 0.29) is 24.4 Å². The monoisotopic (exact) mass is 344 g/mol. The molecule has 0 bridgehead atoms. The first-order valence-corrected chi connectivity index (χ1v) is 7.99. The average Bonchev–Trinajstić information content (AvgIpc) is 2.94. The van der Waals surface area contributed by atoms with Crippen LogP contribution in [0.15, 0.2) is 18.2 Å². The van der Waals surface area contributed by atoms with E-state index in [9.17, 15) is 13.6 Å². The van der Waals surface area contributed by atoms with Gasteiger partial charge in [0.15, 0.2) is 11.6 Å². The van der Waals surface area contributed by atoms with Crippen molar-refractivity contribution in [2.24, 2.45) is 5.92 Å². The molecule has 1 aliphatic heterocycles. The molecular formula is C17H23ClF2N2O. The summed E-state index contributed by atoms with van der Waals surface area (Å²) in [6.07, 6.45) is 5.75. The van der Waals surface area contributed by atoms with Crippen molar-refractivity contribution in [3.63, 3.8) is 0 Å². The molecule has 23 heavy (non-hydrogen) atoms. The van der Waals surface area contributed by atoms with Gasteiger partial charge in [-0.2, -0.15) is 0 Å². The van der Waals surface area contributed by atoms with Gasteiger partial charge in [-0.05, 0) is 42.9 Å². The molecule has 3 unspecified atom stereocenters. The summed E-state index contributed by atoms with van der Waals surface area (Å²) in [6.45, 7) is 0.295. The summed E-state index contributed by atoms with van der Waals surface area (Å²) < 4.78 is 26.2. The third-order valence-corrected chi connectivity index (χ3v) is 4.94. The second-order valence-electron chi connectivity index (χ2n) is 6.55. The van der Waals surface area contributed by atoms with E-state index in [0.717, 1.165) is 25.0 Å². The summed E-state index contributed by atoms with van der Waals surface area (Å²) >= 11 is 0. The van der Waals surface area contributed by atoms with Crippen molar-refractivity contribution in [3.8, 4) is 0 Å². The molecule has 3 nitrogen and oxygen atoms in total. The number of halogens is 3. The largest absolute Gasteiger partial charge is 0.340 e. The second-order valence-corrected chi connectivity index (χ2v) is 6.55. The van der Waals surface area contributed by atoms with Gasteiger partial charge in [0.25, 0.3) is 0 Å². The minimum atomic E-state index is -0.872. The topological polar surface area (TPSA) is 32.3 Å². The van der Waals surface area contributed by atoms with Crippen LogP contribution < -0.4 is 5.32 Å². The molecule has 3 rings (SSSR count). The number of fused-ring (bicyclic) bond motifs is 1. The molecule has 1 saturated carbocycles. The highest BCUT2D eigenvalue weighted by molar-refractivity contribution is 5.85. The fourth-order valence-electron chi connectivity index (χ4n) is 3.77. The Morgan fingerprint density at radius 2 is 2.00 bits per heavy atom. The lowest BCUT2D eigenvalue weighted by Gasteiger charge is -2.24. The number of hydrogen-bond acceptors (Lipinski definition) is 2. The van der Waals surface area contributed by atoms with Crippen molar-refractivity contribution in [1.29, 1.82) is 0 Å². The van der Waals surface area contributed by atoms with E-state index in [4.69, 9.17) is 0 Å². The van der Waals surface area contributed by atoms with Crippen molar-refractivity contribution in [1.82, 2.24) is 10.2 Å². The number of nitrogens with zero attached hydrogens (tertiary/aromatic N) is 1. The van der Waals surface area contributed by atoms with Crippen LogP contribution in [0.25, 0.3) is 0 Å². The smallest absolute Gasteiger partial charge is 0.239 e.